The number of esters is 2. The van der Waals surface area contributed by atoms with Gasteiger partial charge in [0, 0.05) is 0 Å². The van der Waals surface area contributed by atoms with E-state index >= 15 is 0 Å². The minimum atomic E-state index is -0.541. The van der Waals surface area contributed by atoms with Crippen molar-refractivity contribution < 1.29 is 19.1 Å². The Balaban J connectivity index is 2.55. The summed E-state index contributed by atoms with van der Waals surface area (Å²) in [5, 5.41) is 0. The van der Waals surface area contributed by atoms with Crippen LogP contribution in [0.4, 0.5) is 0 Å². The molecular weight excluding hydrogens is 292 g/mol. The Hall–Kier alpha value is -1.84. The summed E-state index contributed by atoms with van der Waals surface area (Å²) in [6.45, 7) is 7.55. The molecule has 1 aromatic carbocycles. The first-order valence-electron chi connectivity index (χ1n) is 8.24. The maximum absolute atomic E-state index is 12.1. The van der Waals surface area contributed by atoms with Crippen LogP contribution in [0.1, 0.15) is 52.5 Å². The van der Waals surface area contributed by atoms with Gasteiger partial charge in [0.25, 0.3) is 0 Å². The van der Waals surface area contributed by atoms with E-state index in [2.05, 4.69) is 12.1 Å². The maximum atomic E-state index is 12.1. The van der Waals surface area contributed by atoms with E-state index in [0.29, 0.717) is 13.0 Å². The minimum absolute atomic E-state index is 0.0743. The third-order valence-electron chi connectivity index (χ3n) is 3.31. The number of rotatable bonds is 8. The molecule has 0 heterocycles. The number of hydrogen-bond acceptors (Lipinski definition) is 4. The number of aryl methyl sites for hydroxylation is 1. The monoisotopic (exact) mass is 320 g/mol. The van der Waals surface area contributed by atoms with Gasteiger partial charge in [0.1, 0.15) is 5.60 Å². The van der Waals surface area contributed by atoms with Crippen LogP contribution in [0.15, 0.2) is 30.3 Å². The van der Waals surface area contributed by atoms with E-state index in [1.165, 1.54) is 5.56 Å². The van der Waals surface area contributed by atoms with Crippen molar-refractivity contribution >= 4 is 11.9 Å². The molecule has 4 nitrogen and oxygen atoms in total. The summed E-state index contributed by atoms with van der Waals surface area (Å²) >= 11 is 0. The average molecular weight is 320 g/mol. The third-order valence-corrected chi connectivity index (χ3v) is 3.31. The second-order valence-corrected chi connectivity index (χ2v) is 6.62. The van der Waals surface area contributed by atoms with Crippen molar-refractivity contribution in [2.45, 2.75) is 59.0 Å². The predicted molar refractivity (Wildman–Crippen MR) is 90.0 cm³/mol. The molecule has 0 aliphatic carbocycles. The first-order valence-corrected chi connectivity index (χ1v) is 8.24. The number of hydrogen-bond donors (Lipinski definition) is 0. The van der Waals surface area contributed by atoms with Crippen LogP contribution < -0.4 is 0 Å². The van der Waals surface area contributed by atoms with Gasteiger partial charge in [-0.15, -0.1) is 0 Å². The normalized spacial score (nSPS) is 12.5. The van der Waals surface area contributed by atoms with Crippen LogP contribution in [0.5, 0.6) is 0 Å². The number of benzene rings is 1. The van der Waals surface area contributed by atoms with Gasteiger partial charge in [0.2, 0.25) is 0 Å². The molecule has 0 N–H and O–H groups in total. The molecule has 0 spiro atoms. The molecule has 0 aromatic heterocycles. The van der Waals surface area contributed by atoms with E-state index in [4.69, 9.17) is 9.47 Å². The first kappa shape index (κ1) is 19.2. The standard InChI is InChI=1S/C19H28O4/c1-5-22-18(21)16(14-17(20)23-19(2,3)4)13-9-12-15-10-7-6-8-11-15/h6-8,10-11,16H,5,9,12-14H2,1-4H3. The average Bonchev–Trinajstić information content (AvgIpc) is 2.45. The lowest BCUT2D eigenvalue weighted by Gasteiger charge is -2.21. The molecule has 0 fully saturated rings. The summed E-state index contributed by atoms with van der Waals surface area (Å²) in [7, 11) is 0. The van der Waals surface area contributed by atoms with Crippen LogP contribution in [0.3, 0.4) is 0 Å². The summed E-state index contributed by atoms with van der Waals surface area (Å²) < 4.78 is 10.4. The van der Waals surface area contributed by atoms with Gasteiger partial charge in [-0.1, -0.05) is 30.3 Å². The van der Waals surface area contributed by atoms with Crippen LogP contribution in [0, 0.1) is 5.92 Å². The second kappa shape index (κ2) is 9.33. The van der Waals surface area contributed by atoms with Crippen LogP contribution >= 0.6 is 0 Å². The minimum Gasteiger partial charge on any atom is -0.466 e. The highest BCUT2D eigenvalue weighted by atomic mass is 16.6. The van der Waals surface area contributed by atoms with Gasteiger partial charge in [0.05, 0.1) is 18.9 Å². The molecule has 0 saturated carbocycles. The van der Waals surface area contributed by atoms with Gasteiger partial charge in [-0.2, -0.15) is 0 Å². The van der Waals surface area contributed by atoms with Crippen molar-refractivity contribution in [2.75, 3.05) is 6.61 Å². The topological polar surface area (TPSA) is 52.6 Å². The van der Waals surface area contributed by atoms with Crippen LogP contribution in [-0.4, -0.2) is 24.1 Å². The molecular formula is C19H28O4. The van der Waals surface area contributed by atoms with Crippen LogP contribution in [-0.2, 0) is 25.5 Å². The van der Waals surface area contributed by atoms with Crippen molar-refractivity contribution in [2.24, 2.45) is 5.92 Å². The number of ether oxygens (including phenoxy) is 2. The van der Waals surface area contributed by atoms with E-state index in [-0.39, 0.29) is 18.4 Å². The smallest absolute Gasteiger partial charge is 0.309 e. The highest BCUT2D eigenvalue weighted by molar-refractivity contribution is 5.80. The molecule has 0 saturated heterocycles. The summed E-state index contributed by atoms with van der Waals surface area (Å²) in [5.41, 5.74) is 0.688. The fourth-order valence-electron chi connectivity index (χ4n) is 2.34. The van der Waals surface area contributed by atoms with Gasteiger partial charge in [-0.25, -0.2) is 0 Å². The van der Waals surface area contributed by atoms with E-state index in [1.807, 2.05) is 39.0 Å². The van der Waals surface area contributed by atoms with Crippen molar-refractivity contribution in [1.29, 1.82) is 0 Å². The Morgan fingerprint density at radius 3 is 2.35 bits per heavy atom. The van der Waals surface area contributed by atoms with Crippen LogP contribution in [0.25, 0.3) is 0 Å². The Morgan fingerprint density at radius 1 is 1.13 bits per heavy atom. The van der Waals surface area contributed by atoms with Gasteiger partial charge in [-0.3, -0.25) is 9.59 Å². The zero-order chi connectivity index (χ0) is 17.3. The molecule has 0 radical (unpaired) electrons. The molecule has 1 unspecified atom stereocenters. The van der Waals surface area contributed by atoms with Gasteiger partial charge >= 0.3 is 11.9 Å². The second-order valence-electron chi connectivity index (χ2n) is 6.62. The molecule has 4 heteroatoms. The third kappa shape index (κ3) is 8.38. The number of carbonyl (C=O) groups excluding carboxylic acids is 2. The molecule has 1 rings (SSSR count). The largest absolute Gasteiger partial charge is 0.466 e. The Labute approximate surface area is 139 Å². The van der Waals surface area contributed by atoms with E-state index < -0.39 is 11.5 Å². The van der Waals surface area contributed by atoms with E-state index in [9.17, 15) is 9.59 Å². The molecule has 23 heavy (non-hydrogen) atoms. The lowest BCUT2D eigenvalue weighted by Crippen LogP contribution is -2.28. The Morgan fingerprint density at radius 2 is 1.78 bits per heavy atom. The van der Waals surface area contributed by atoms with E-state index in [1.54, 1.807) is 6.92 Å². The van der Waals surface area contributed by atoms with Crippen molar-refractivity contribution in [1.82, 2.24) is 0 Å². The zero-order valence-corrected chi connectivity index (χ0v) is 14.6. The lowest BCUT2D eigenvalue weighted by atomic mass is 9.96. The zero-order valence-electron chi connectivity index (χ0n) is 14.6. The molecule has 0 aliphatic heterocycles. The van der Waals surface area contributed by atoms with Crippen molar-refractivity contribution in [3.8, 4) is 0 Å². The van der Waals surface area contributed by atoms with Crippen molar-refractivity contribution in [3.63, 3.8) is 0 Å². The molecule has 0 aliphatic rings. The summed E-state index contributed by atoms with van der Waals surface area (Å²) in [6.07, 6.45) is 2.40. The van der Waals surface area contributed by atoms with Gasteiger partial charge in [0.15, 0.2) is 0 Å². The Bertz CT molecular complexity index is 488. The molecule has 0 amide bonds. The molecule has 128 valence electrons. The molecule has 1 atom stereocenters. The Kier molecular flexibility index (Phi) is 7.79. The highest BCUT2D eigenvalue weighted by Crippen LogP contribution is 2.19. The summed E-state index contributed by atoms with van der Waals surface area (Å²) in [4.78, 5) is 24.0. The SMILES string of the molecule is CCOC(=O)C(CCCc1ccccc1)CC(=O)OC(C)(C)C. The van der Waals surface area contributed by atoms with Crippen molar-refractivity contribution in [3.05, 3.63) is 35.9 Å². The fraction of sp³-hybridized carbons (Fsp3) is 0.579. The quantitative estimate of drug-likeness (QED) is 0.681. The summed E-state index contributed by atoms with van der Waals surface area (Å²) in [6, 6.07) is 10.1. The van der Waals surface area contributed by atoms with Gasteiger partial charge < -0.3 is 9.47 Å². The maximum Gasteiger partial charge on any atom is 0.309 e. The highest BCUT2D eigenvalue weighted by Gasteiger charge is 2.26. The van der Waals surface area contributed by atoms with E-state index in [0.717, 1.165) is 12.8 Å². The first-order chi connectivity index (χ1) is 10.8. The van der Waals surface area contributed by atoms with Gasteiger partial charge in [-0.05, 0) is 52.5 Å². The summed E-state index contributed by atoms with van der Waals surface area (Å²) in [5.74, 6) is -1.10. The molecule has 0 bridgehead atoms. The predicted octanol–water partition coefficient (Wildman–Crippen LogP) is 3.92. The lowest BCUT2D eigenvalue weighted by molar-refractivity contribution is -0.161. The number of carbonyl (C=O) groups is 2. The fourth-order valence-corrected chi connectivity index (χ4v) is 2.34. The van der Waals surface area contributed by atoms with Crippen LogP contribution in [0.2, 0.25) is 0 Å². The molecule has 1 aromatic rings.